The number of aromatic nitrogens is 1. The summed E-state index contributed by atoms with van der Waals surface area (Å²) in [5, 5.41) is 15.3. The molecular formula is C25H28FN5O3. The summed E-state index contributed by atoms with van der Waals surface area (Å²) in [6.45, 7) is 6.72. The second kappa shape index (κ2) is 11.3. The Balaban J connectivity index is 1.63. The molecule has 0 spiro atoms. The van der Waals surface area contributed by atoms with Crippen LogP contribution in [-0.4, -0.2) is 40.9 Å². The van der Waals surface area contributed by atoms with E-state index in [1.807, 2.05) is 31.4 Å². The smallest absolute Gasteiger partial charge is 0.239 e. The fourth-order valence-electron chi connectivity index (χ4n) is 3.60. The average molecular weight is 466 g/mol. The lowest BCUT2D eigenvalue weighted by molar-refractivity contribution is -0.123. The molecule has 2 aromatic heterocycles. The van der Waals surface area contributed by atoms with Gasteiger partial charge in [0.05, 0.1) is 31.5 Å². The van der Waals surface area contributed by atoms with Crippen molar-refractivity contribution in [2.75, 3.05) is 25.0 Å². The van der Waals surface area contributed by atoms with E-state index in [1.54, 1.807) is 29.4 Å². The van der Waals surface area contributed by atoms with E-state index >= 15 is 0 Å². The standard InChI is InChI=1S/C25H28FN5O3/c1-4-30(15-23(32)28-13-19-7-9-20(26)10-8-19)16-24(33)29-25-22(12-27)17(2)18(3)31(25)14-21-6-5-11-34-21/h5-11H,4,13-16H2,1-3H3,(H,28,32)(H,29,33). The molecule has 3 aromatic rings. The Morgan fingerprint density at radius 2 is 1.85 bits per heavy atom. The zero-order valence-electron chi connectivity index (χ0n) is 19.5. The van der Waals surface area contributed by atoms with Gasteiger partial charge in [0, 0.05) is 12.2 Å². The van der Waals surface area contributed by atoms with Crippen LogP contribution < -0.4 is 10.6 Å². The van der Waals surface area contributed by atoms with Crippen LogP contribution >= 0.6 is 0 Å². The SMILES string of the molecule is CCN(CC(=O)NCc1ccc(F)cc1)CC(=O)Nc1c(C#N)c(C)c(C)n1Cc1ccco1. The predicted molar refractivity (Wildman–Crippen MR) is 125 cm³/mol. The molecule has 0 saturated heterocycles. The Hall–Kier alpha value is -3.90. The summed E-state index contributed by atoms with van der Waals surface area (Å²) in [6, 6.07) is 11.7. The van der Waals surface area contributed by atoms with Gasteiger partial charge in [0.2, 0.25) is 11.8 Å². The van der Waals surface area contributed by atoms with Crippen molar-refractivity contribution in [2.45, 2.75) is 33.9 Å². The number of amides is 2. The Morgan fingerprint density at radius 3 is 2.47 bits per heavy atom. The van der Waals surface area contributed by atoms with Crippen molar-refractivity contribution in [1.82, 2.24) is 14.8 Å². The van der Waals surface area contributed by atoms with Crippen LogP contribution in [0.25, 0.3) is 0 Å². The maximum atomic E-state index is 13.0. The summed E-state index contributed by atoms with van der Waals surface area (Å²) in [5.74, 6) is 0.202. The van der Waals surface area contributed by atoms with Crippen LogP contribution in [0.4, 0.5) is 10.2 Å². The normalized spacial score (nSPS) is 10.8. The van der Waals surface area contributed by atoms with Gasteiger partial charge in [0.15, 0.2) is 0 Å². The summed E-state index contributed by atoms with van der Waals surface area (Å²) >= 11 is 0. The first-order valence-electron chi connectivity index (χ1n) is 11.0. The molecule has 0 radical (unpaired) electrons. The molecule has 0 fully saturated rings. The number of hydrogen-bond donors (Lipinski definition) is 2. The first kappa shape index (κ1) is 24.7. The van der Waals surface area contributed by atoms with E-state index in [2.05, 4.69) is 16.7 Å². The molecule has 2 amide bonds. The fourth-order valence-corrected chi connectivity index (χ4v) is 3.60. The highest BCUT2D eigenvalue weighted by Gasteiger charge is 2.21. The van der Waals surface area contributed by atoms with E-state index in [0.29, 0.717) is 30.2 Å². The molecule has 178 valence electrons. The highest BCUT2D eigenvalue weighted by Crippen LogP contribution is 2.27. The Kier molecular flexibility index (Phi) is 8.22. The van der Waals surface area contributed by atoms with Crippen molar-refractivity contribution in [1.29, 1.82) is 5.26 Å². The monoisotopic (exact) mass is 465 g/mol. The number of furan rings is 1. The van der Waals surface area contributed by atoms with Gasteiger partial charge in [-0.2, -0.15) is 5.26 Å². The minimum Gasteiger partial charge on any atom is -0.467 e. The summed E-state index contributed by atoms with van der Waals surface area (Å²) < 4.78 is 20.3. The molecule has 3 rings (SSSR count). The van der Waals surface area contributed by atoms with E-state index in [9.17, 15) is 19.2 Å². The van der Waals surface area contributed by atoms with Crippen molar-refractivity contribution in [3.8, 4) is 6.07 Å². The molecule has 0 unspecified atom stereocenters. The zero-order chi connectivity index (χ0) is 24.7. The molecule has 0 saturated carbocycles. The largest absolute Gasteiger partial charge is 0.467 e. The number of benzene rings is 1. The third-order valence-corrected chi connectivity index (χ3v) is 5.68. The van der Waals surface area contributed by atoms with Crippen LogP contribution in [0.15, 0.2) is 47.1 Å². The van der Waals surface area contributed by atoms with Crippen LogP contribution in [0.3, 0.4) is 0 Å². The van der Waals surface area contributed by atoms with Gasteiger partial charge in [0.25, 0.3) is 0 Å². The summed E-state index contributed by atoms with van der Waals surface area (Å²) in [5.41, 5.74) is 2.83. The van der Waals surface area contributed by atoms with Crippen LogP contribution in [0.2, 0.25) is 0 Å². The highest BCUT2D eigenvalue weighted by atomic mass is 19.1. The van der Waals surface area contributed by atoms with Crippen molar-refractivity contribution in [3.05, 3.63) is 76.6 Å². The maximum Gasteiger partial charge on any atom is 0.239 e. The van der Waals surface area contributed by atoms with E-state index in [4.69, 9.17) is 4.42 Å². The van der Waals surface area contributed by atoms with E-state index in [1.165, 1.54) is 12.1 Å². The molecular weight excluding hydrogens is 437 g/mol. The minimum absolute atomic E-state index is 0.0185. The van der Waals surface area contributed by atoms with Crippen molar-refractivity contribution >= 4 is 17.6 Å². The quantitative estimate of drug-likeness (QED) is 0.478. The molecule has 9 heteroatoms. The molecule has 8 nitrogen and oxygen atoms in total. The van der Waals surface area contributed by atoms with Crippen LogP contribution in [0, 0.1) is 31.0 Å². The van der Waals surface area contributed by atoms with E-state index in [-0.39, 0.29) is 37.3 Å². The topological polar surface area (TPSA) is 103 Å². The number of carbonyl (C=O) groups excluding carboxylic acids is 2. The highest BCUT2D eigenvalue weighted by molar-refractivity contribution is 5.93. The molecule has 0 atom stereocenters. The van der Waals surface area contributed by atoms with Crippen LogP contribution in [0.1, 0.15) is 35.1 Å². The molecule has 0 aliphatic heterocycles. The number of likely N-dealkylation sites (N-methyl/N-ethyl adjacent to an activating group) is 1. The maximum absolute atomic E-state index is 13.0. The third kappa shape index (κ3) is 6.11. The first-order chi connectivity index (χ1) is 16.3. The molecule has 0 aliphatic carbocycles. The van der Waals surface area contributed by atoms with Gasteiger partial charge >= 0.3 is 0 Å². The third-order valence-electron chi connectivity index (χ3n) is 5.68. The molecule has 2 N–H and O–H groups in total. The van der Waals surface area contributed by atoms with Gasteiger partial charge in [-0.05, 0) is 55.8 Å². The van der Waals surface area contributed by atoms with Crippen molar-refractivity contribution < 1.29 is 18.4 Å². The number of hydrogen-bond acceptors (Lipinski definition) is 5. The number of rotatable bonds is 10. The Morgan fingerprint density at radius 1 is 1.15 bits per heavy atom. The molecule has 0 bridgehead atoms. The van der Waals surface area contributed by atoms with Crippen molar-refractivity contribution in [3.63, 3.8) is 0 Å². The lowest BCUT2D eigenvalue weighted by Crippen LogP contribution is -2.41. The second-order valence-electron chi connectivity index (χ2n) is 7.97. The van der Waals surface area contributed by atoms with Gasteiger partial charge in [-0.3, -0.25) is 14.5 Å². The van der Waals surface area contributed by atoms with E-state index < -0.39 is 0 Å². The number of nitrogens with one attached hydrogen (secondary N) is 2. The number of nitriles is 1. The van der Waals surface area contributed by atoms with Gasteiger partial charge in [-0.15, -0.1) is 0 Å². The number of nitrogens with zero attached hydrogens (tertiary/aromatic N) is 3. The van der Waals surface area contributed by atoms with E-state index in [0.717, 1.165) is 16.8 Å². The minimum atomic E-state index is -0.335. The lowest BCUT2D eigenvalue weighted by atomic mass is 10.2. The van der Waals surface area contributed by atoms with Gasteiger partial charge in [0.1, 0.15) is 23.5 Å². The number of halogens is 1. The summed E-state index contributed by atoms with van der Waals surface area (Å²) in [6.07, 6.45) is 1.57. The molecule has 34 heavy (non-hydrogen) atoms. The average Bonchev–Trinajstić information content (AvgIpc) is 3.41. The number of anilines is 1. The summed E-state index contributed by atoms with van der Waals surface area (Å²) in [7, 11) is 0. The fraction of sp³-hybridized carbons (Fsp3) is 0.320. The second-order valence-corrected chi connectivity index (χ2v) is 7.97. The zero-order valence-corrected chi connectivity index (χ0v) is 19.5. The molecule has 1 aromatic carbocycles. The lowest BCUT2D eigenvalue weighted by Gasteiger charge is -2.20. The predicted octanol–water partition coefficient (Wildman–Crippen LogP) is 3.33. The Labute approximate surface area is 198 Å². The number of carbonyl (C=O) groups is 2. The van der Waals surface area contributed by atoms with Crippen molar-refractivity contribution in [2.24, 2.45) is 0 Å². The van der Waals surface area contributed by atoms with Crippen LogP contribution in [-0.2, 0) is 22.7 Å². The van der Waals surface area contributed by atoms with Gasteiger partial charge in [-0.1, -0.05) is 19.1 Å². The first-order valence-corrected chi connectivity index (χ1v) is 11.0. The molecule has 0 aliphatic rings. The van der Waals surface area contributed by atoms with Gasteiger partial charge < -0.3 is 19.6 Å². The van der Waals surface area contributed by atoms with Crippen LogP contribution in [0.5, 0.6) is 0 Å². The Bertz CT molecular complexity index is 1180. The van der Waals surface area contributed by atoms with Gasteiger partial charge in [-0.25, -0.2) is 4.39 Å². The molecule has 2 heterocycles. The summed E-state index contributed by atoms with van der Waals surface area (Å²) in [4.78, 5) is 26.9.